The first-order chi connectivity index (χ1) is 12.6. The van der Waals surface area contributed by atoms with Gasteiger partial charge in [-0.3, -0.25) is 0 Å². The molecule has 0 aliphatic rings. The Kier molecular flexibility index (Phi) is 3.00. The zero-order chi connectivity index (χ0) is 17.8. The van der Waals surface area contributed by atoms with Crippen LogP contribution in [0.3, 0.4) is 0 Å². The highest BCUT2D eigenvalue weighted by atomic mass is 19.2. The van der Waals surface area contributed by atoms with Crippen LogP contribution in [0.15, 0.2) is 65.2 Å². The minimum atomic E-state index is -0.924. The summed E-state index contributed by atoms with van der Waals surface area (Å²) in [7, 11) is 0. The molecule has 0 fully saturated rings. The molecule has 0 saturated carbocycles. The van der Waals surface area contributed by atoms with E-state index in [9.17, 15) is 13.9 Å². The van der Waals surface area contributed by atoms with Crippen LogP contribution in [0.5, 0.6) is 5.75 Å². The molecule has 5 heteroatoms. The van der Waals surface area contributed by atoms with E-state index in [1.54, 1.807) is 12.1 Å². The summed E-state index contributed by atoms with van der Waals surface area (Å²) >= 11 is 0. The number of benzene rings is 4. The number of aromatic hydroxyl groups is 1. The smallest absolute Gasteiger partial charge is 0.175 e. The van der Waals surface area contributed by atoms with E-state index in [2.05, 4.69) is 5.16 Å². The van der Waals surface area contributed by atoms with Crippen LogP contribution in [0.4, 0.5) is 8.78 Å². The van der Waals surface area contributed by atoms with E-state index < -0.39 is 11.6 Å². The normalized spacial score (nSPS) is 11.6. The van der Waals surface area contributed by atoms with Gasteiger partial charge in [-0.2, -0.15) is 0 Å². The Morgan fingerprint density at radius 2 is 1.42 bits per heavy atom. The second-order valence-corrected chi connectivity index (χ2v) is 6.14. The molecule has 0 saturated heterocycles. The maximum atomic E-state index is 14.0. The van der Waals surface area contributed by atoms with Gasteiger partial charge in [0.05, 0.1) is 5.39 Å². The van der Waals surface area contributed by atoms with Gasteiger partial charge in [-0.1, -0.05) is 29.4 Å². The van der Waals surface area contributed by atoms with Gasteiger partial charge < -0.3 is 9.63 Å². The minimum absolute atomic E-state index is 0.126. The molecule has 4 aromatic carbocycles. The molecule has 0 unspecified atom stereocenters. The van der Waals surface area contributed by atoms with Gasteiger partial charge in [0.25, 0.3) is 0 Å². The molecular formula is C21H11F2NO2. The Bertz CT molecular complexity index is 1310. The fourth-order valence-electron chi connectivity index (χ4n) is 3.43. The summed E-state index contributed by atoms with van der Waals surface area (Å²) in [5.74, 6) is -1.25. The van der Waals surface area contributed by atoms with Gasteiger partial charge in [0.15, 0.2) is 17.4 Å². The molecule has 1 heterocycles. The zero-order valence-electron chi connectivity index (χ0n) is 13.3. The van der Waals surface area contributed by atoms with Crippen LogP contribution < -0.4 is 0 Å². The summed E-state index contributed by atoms with van der Waals surface area (Å²) in [6, 6.07) is 16.3. The predicted octanol–water partition coefficient (Wildman–Crippen LogP) is 5.79. The minimum Gasteiger partial charge on any atom is -0.508 e. The van der Waals surface area contributed by atoms with Gasteiger partial charge in [0, 0.05) is 10.9 Å². The van der Waals surface area contributed by atoms with Gasteiger partial charge in [-0.25, -0.2) is 8.78 Å². The SMILES string of the molecule is Oc1ccc(-c2onc3c4ccccc4c4cc(F)c(F)cc4c23)cc1. The van der Waals surface area contributed by atoms with Crippen LogP contribution in [0.1, 0.15) is 0 Å². The molecule has 0 bridgehead atoms. The summed E-state index contributed by atoms with van der Waals surface area (Å²) in [6.07, 6.45) is 0. The van der Waals surface area contributed by atoms with Crippen molar-refractivity contribution in [2.24, 2.45) is 0 Å². The Morgan fingerprint density at radius 1 is 0.769 bits per heavy atom. The molecule has 0 aliphatic heterocycles. The molecule has 1 N–H and O–H groups in total. The lowest BCUT2D eigenvalue weighted by molar-refractivity contribution is 0.441. The molecule has 3 nitrogen and oxygen atoms in total. The first-order valence-electron chi connectivity index (χ1n) is 8.02. The molecule has 1 aromatic heterocycles. The summed E-state index contributed by atoms with van der Waals surface area (Å²) in [4.78, 5) is 0. The van der Waals surface area contributed by atoms with Gasteiger partial charge in [0.2, 0.25) is 0 Å². The largest absolute Gasteiger partial charge is 0.508 e. The van der Waals surface area contributed by atoms with Crippen LogP contribution in [0.25, 0.3) is 43.8 Å². The molecule has 0 amide bonds. The molecular weight excluding hydrogens is 336 g/mol. The number of hydrogen-bond acceptors (Lipinski definition) is 3. The highest BCUT2D eigenvalue weighted by molar-refractivity contribution is 6.26. The lowest BCUT2D eigenvalue weighted by Gasteiger charge is -2.07. The van der Waals surface area contributed by atoms with Gasteiger partial charge in [-0.15, -0.1) is 0 Å². The lowest BCUT2D eigenvalue weighted by Crippen LogP contribution is -1.88. The predicted molar refractivity (Wildman–Crippen MR) is 96.0 cm³/mol. The van der Waals surface area contributed by atoms with Crippen molar-refractivity contribution in [3.8, 4) is 17.1 Å². The molecule has 5 rings (SSSR count). The Hall–Kier alpha value is -3.47. The average Bonchev–Trinajstić information content (AvgIpc) is 3.09. The number of phenols is 1. The van der Waals surface area contributed by atoms with Crippen LogP contribution in [-0.2, 0) is 0 Å². The van der Waals surface area contributed by atoms with Gasteiger partial charge in [0.1, 0.15) is 11.3 Å². The number of fused-ring (bicyclic) bond motifs is 6. The Balaban J connectivity index is 2.02. The number of rotatable bonds is 1. The lowest BCUT2D eigenvalue weighted by atomic mass is 9.95. The highest BCUT2D eigenvalue weighted by Gasteiger charge is 2.19. The van der Waals surface area contributed by atoms with E-state index in [-0.39, 0.29) is 5.75 Å². The zero-order valence-corrected chi connectivity index (χ0v) is 13.3. The summed E-state index contributed by atoms with van der Waals surface area (Å²) in [5, 5.41) is 17.0. The quantitative estimate of drug-likeness (QED) is 0.391. The number of halogens is 2. The number of nitrogens with zero attached hydrogens (tertiary/aromatic N) is 1. The summed E-state index contributed by atoms with van der Waals surface area (Å²) in [5.41, 5.74) is 1.27. The third-order valence-corrected chi connectivity index (χ3v) is 4.62. The first-order valence-corrected chi connectivity index (χ1v) is 8.02. The molecule has 126 valence electrons. The van der Waals surface area contributed by atoms with Crippen molar-refractivity contribution < 1.29 is 18.4 Å². The van der Waals surface area contributed by atoms with Crippen LogP contribution in [-0.4, -0.2) is 10.3 Å². The maximum absolute atomic E-state index is 14.0. The third kappa shape index (κ3) is 2.00. The van der Waals surface area contributed by atoms with E-state index in [0.29, 0.717) is 33.0 Å². The maximum Gasteiger partial charge on any atom is 0.175 e. The molecule has 0 spiro atoms. The topological polar surface area (TPSA) is 46.3 Å². The molecule has 0 atom stereocenters. The van der Waals surface area contributed by atoms with Crippen molar-refractivity contribution in [3.63, 3.8) is 0 Å². The Labute approximate surface area is 146 Å². The summed E-state index contributed by atoms with van der Waals surface area (Å²) in [6.45, 7) is 0. The first kappa shape index (κ1) is 14.8. The Morgan fingerprint density at radius 3 is 2.15 bits per heavy atom. The molecule has 26 heavy (non-hydrogen) atoms. The number of phenolic OH excluding ortho intramolecular Hbond substituents is 1. The van der Waals surface area contributed by atoms with E-state index in [4.69, 9.17) is 4.52 Å². The van der Waals surface area contributed by atoms with E-state index in [1.165, 1.54) is 24.3 Å². The number of hydrogen-bond donors (Lipinski definition) is 1. The standard InChI is InChI=1S/C21H11F2NO2/c22-17-9-15-13-3-1-2-4-14(13)20-19(16(15)10-18(17)23)21(26-24-20)11-5-7-12(25)8-6-11/h1-10,25H. The van der Waals surface area contributed by atoms with Crippen LogP contribution in [0, 0.1) is 11.6 Å². The summed E-state index contributed by atoms with van der Waals surface area (Å²) < 4.78 is 33.5. The van der Waals surface area contributed by atoms with E-state index >= 15 is 0 Å². The second-order valence-electron chi connectivity index (χ2n) is 6.14. The van der Waals surface area contributed by atoms with Crippen molar-refractivity contribution >= 4 is 32.4 Å². The monoisotopic (exact) mass is 347 g/mol. The van der Waals surface area contributed by atoms with E-state index in [0.717, 1.165) is 10.8 Å². The van der Waals surface area contributed by atoms with Crippen molar-refractivity contribution in [2.75, 3.05) is 0 Å². The van der Waals surface area contributed by atoms with Crippen molar-refractivity contribution in [2.45, 2.75) is 0 Å². The number of aromatic nitrogens is 1. The third-order valence-electron chi connectivity index (χ3n) is 4.62. The van der Waals surface area contributed by atoms with Crippen molar-refractivity contribution in [3.05, 3.63) is 72.3 Å². The van der Waals surface area contributed by atoms with Gasteiger partial charge >= 0.3 is 0 Å². The van der Waals surface area contributed by atoms with Crippen LogP contribution >= 0.6 is 0 Å². The molecule has 0 radical (unpaired) electrons. The fourth-order valence-corrected chi connectivity index (χ4v) is 3.43. The van der Waals surface area contributed by atoms with Crippen LogP contribution in [0.2, 0.25) is 0 Å². The highest BCUT2D eigenvalue weighted by Crippen LogP contribution is 2.40. The molecule has 0 aliphatic carbocycles. The second kappa shape index (κ2) is 5.26. The van der Waals surface area contributed by atoms with Gasteiger partial charge in [-0.05, 0) is 52.6 Å². The van der Waals surface area contributed by atoms with E-state index in [1.807, 2.05) is 24.3 Å². The van der Waals surface area contributed by atoms with Crippen molar-refractivity contribution in [1.82, 2.24) is 5.16 Å². The fraction of sp³-hybridized carbons (Fsp3) is 0. The van der Waals surface area contributed by atoms with Crippen molar-refractivity contribution in [1.29, 1.82) is 0 Å². The molecule has 5 aromatic rings. The average molecular weight is 347 g/mol.